The average Bonchev–Trinajstić information content (AvgIpc) is 2.47. The average molecular weight is 310 g/mol. The molecule has 1 heterocycles. The van der Waals surface area contributed by atoms with Crippen LogP contribution in [0.25, 0.3) is 0 Å². The van der Waals surface area contributed by atoms with E-state index in [0.717, 1.165) is 2.88 Å². The van der Waals surface area contributed by atoms with Crippen LogP contribution in [0.5, 0.6) is 0 Å². The standard InChI is InChI=1S/C7H7IN2O2S/c1-4(11)9-10-7(12)5-2-6(8)13-3-5/h2-3H,1H3,(H,9,11)(H,10,12). The predicted molar refractivity (Wildman–Crippen MR) is 58.3 cm³/mol. The second kappa shape index (κ2) is 4.56. The van der Waals surface area contributed by atoms with Crippen molar-refractivity contribution in [2.24, 2.45) is 0 Å². The summed E-state index contributed by atoms with van der Waals surface area (Å²) in [6.45, 7) is 1.33. The van der Waals surface area contributed by atoms with Crippen LogP contribution in [0.4, 0.5) is 0 Å². The summed E-state index contributed by atoms with van der Waals surface area (Å²) in [5.41, 5.74) is 5.05. The van der Waals surface area contributed by atoms with Gasteiger partial charge in [-0.15, -0.1) is 11.3 Å². The Kier molecular flexibility index (Phi) is 3.67. The van der Waals surface area contributed by atoms with E-state index in [4.69, 9.17) is 0 Å². The van der Waals surface area contributed by atoms with Gasteiger partial charge in [-0.05, 0) is 28.7 Å². The molecule has 0 atom stereocenters. The molecule has 0 fully saturated rings. The Balaban J connectivity index is 2.54. The van der Waals surface area contributed by atoms with E-state index in [0.29, 0.717) is 5.56 Å². The topological polar surface area (TPSA) is 58.2 Å². The molecular weight excluding hydrogens is 303 g/mol. The molecule has 4 nitrogen and oxygen atoms in total. The van der Waals surface area contributed by atoms with Gasteiger partial charge >= 0.3 is 0 Å². The second-order valence-corrected chi connectivity index (χ2v) is 5.08. The van der Waals surface area contributed by atoms with Gasteiger partial charge in [0.1, 0.15) is 0 Å². The molecule has 0 unspecified atom stereocenters. The minimum absolute atomic E-state index is 0.293. The molecule has 1 aromatic heterocycles. The predicted octanol–water partition coefficient (Wildman–Crippen LogP) is 1.13. The fraction of sp³-hybridized carbons (Fsp3) is 0.143. The number of hydrogen-bond donors (Lipinski definition) is 2. The highest BCUT2D eigenvalue weighted by Gasteiger charge is 2.06. The van der Waals surface area contributed by atoms with Crippen molar-refractivity contribution in [3.8, 4) is 0 Å². The van der Waals surface area contributed by atoms with E-state index < -0.39 is 0 Å². The highest BCUT2D eigenvalue weighted by atomic mass is 127. The monoisotopic (exact) mass is 310 g/mol. The molecule has 70 valence electrons. The molecule has 0 aliphatic carbocycles. The Labute approximate surface area is 92.8 Å². The number of thiophene rings is 1. The summed E-state index contributed by atoms with van der Waals surface area (Å²) >= 11 is 3.61. The maximum Gasteiger partial charge on any atom is 0.270 e. The van der Waals surface area contributed by atoms with Crippen LogP contribution in [0.2, 0.25) is 0 Å². The molecule has 1 rings (SSSR count). The largest absolute Gasteiger partial charge is 0.274 e. The fourth-order valence-electron chi connectivity index (χ4n) is 0.646. The van der Waals surface area contributed by atoms with Gasteiger partial charge in [0, 0.05) is 12.3 Å². The first-order valence-electron chi connectivity index (χ1n) is 3.40. The lowest BCUT2D eigenvalue weighted by Crippen LogP contribution is -2.40. The van der Waals surface area contributed by atoms with Crippen LogP contribution in [-0.2, 0) is 4.79 Å². The summed E-state index contributed by atoms with van der Waals surface area (Å²) < 4.78 is 1.03. The molecule has 13 heavy (non-hydrogen) atoms. The zero-order chi connectivity index (χ0) is 9.84. The van der Waals surface area contributed by atoms with Crippen LogP contribution in [0.15, 0.2) is 11.4 Å². The normalized spacial score (nSPS) is 9.38. The lowest BCUT2D eigenvalue weighted by atomic mass is 10.3. The molecule has 2 N–H and O–H groups in total. The fourth-order valence-corrected chi connectivity index (χ4v) is 1.97. The lowest BCUT2D eigenvalue weighted by molar-refractivity contribution is -0.119. The van der Waals surface area contributed by atoms with Gasteiger partial charge < -0.3 is 0 Å². The van der Waals surface area contributed by atoms with E-state index in [1.54, 1.807) is 11.4 Å². The third-order valence-electron chi connectivity index (χ3n) is 1.18. The van der Waals surface area contributed by atoms with Crippen molar-refractivity contribution in [2.75, 3.05) is 0 Å². The number of hydrogen-bond acceptors (Lipinski definition) is 3. The van der Waals surface area contributed by atoms with Crippen LogP contribution in [0, 0.1) is 2.88 Å². The maximum absolute atomic E-state index is 11.2. The second-order valence-electron chi connectivity index (χ2n) is 2.27. The van der Waals surface area contributed by atoms with Gasteiger partial charge in [-0.2, -0.15) is 0 Å². The summed E-state index contributed by atoms with van der Waals surface area (Å²) in [7, 11) is 0. The molecule has 0 bridgehead atoms. The van der Waals surface area contributed by atoms with Crippen molar-refractivity contribution in [1.82, 2.24) is 10.9 Å². The lowest BCUT2D eigenvalue weighted by Gasteiger charge is -2.01. The third-order valence-corrected chi connectivity index (χ3v) is 2.97. The molecule has 0 radical (unpaired) electrons. The number of amides is 2. The summed E-state index contributed by atoms with van der Waals surface area (Å²) in [4.78, 5) is 21.7. The highest BCUT2D eigenvalue weighted by Crippen LogP contribution is 2.15. The summed E-state index contributed by atoms with van der Waals surface area (Å²) in [5.74, 6) is -0.590. The first kappa shape index (κ1) is 10.5. The van der Waals surface area contributed by atoms with Crippen LogP contribution in [-0.4, -0.2) is 11.8 Å². The molecule has 1 aromatic rings. The van der Waals surface area contributed by atoms with Crippen LogP contribution >= 0.6 is 33.9 Å². The minimum Gasteiger partial charge on any atom is -0.274 e. The van der Waals surface area contributed by atoms with Gasteiger partial charge in [-0.1, -0.05) is 0 Å². The molecule has 6 heteroatoms. The van der Waals surface area contributed by atoms with Crippen LogP contribution in [0.3, 0.4) is 0 Å². The quantitative estimate of drug-likeness (QED) is 0.603. The van der Waals surface area contributed by atoms with E-state index in [1.165, 1.54) is 18.3 Å². The molecule has 0 aliphatic heterocycles. The van der Waals surface area contributed by atoms with E-state index >= 15 is 0 Å². The van der Waals surface area contributed by atoms with Gasteiger partial charge in [0.05, 0.1) is 8.45 Å². The number of carbonyl (C=O) groups excluding carboxylic acids is 2. The minimum atomic E-state index is -0.297. The number of carbonyl (C=O) groups is 2. The number of nitrogens with one attached hydrogen (secondary N) is 2. The van der Waals surface area contributed by atoms with Crippen LogP contribution in [0.1, 0.15) is 17.3 Å². The van der Waals surface area contributed by atoms with Crippen molar-refractivity contribution in [3.63, 3.8) is 0 Å². The van der Waals surface area contributed by atoms with Crippen molar-refractivity contribution in [3.05, 3.63) is 19.9 Å². The summed E-state index contributed by atoms with van der Waals surface area (Å²) in [6, 6.07) is 1.75. The van der Waals surface area contributed by atoms with E-state index in [-0.39, 0.29) is 11.8 Å². The molecule has 2 amide bonds. The van der Waals surface area contributed by atoms with Crippen molar-refractivity contribution in [1.29, 1.82) is 0 Å². The Morgan fingerprint density at radius 2 is 2.15 bits per heavy atom. The van der Waals surface area contributed by atoms with Gasteiger partial charge in [-0.3, -0.25) is 20.4 Å². The first-order chi connectivity index (χ1) is 6.09. The first-order valence-corrected chi connectivity index (χ1v) is 5.36. The molecular formula is C7H7IN2O2S. The molecule has 0 saturated heterocycles. The number of hydrazine groups is 1. The van der Waals surface area contributed by atoms with Gasteiger partial charge in [0.15, 0.2) is 0 Å². The molecule has 0 saturated carbocycles. The van der Waals surface area contributed by atoms with Crippen molar-refractivity contribution < 1.29 is 9.59 Å². The van der Waals surface area contributed by atoms with Crippen LogP contribution < -0.4 is 10.9 Å². The van der Waals surface area contributed by atoms with Crippen molar-refractivity contribution in [2.45, 2.75) is 6.92 Å². The smallest absolute Gasteiger partial charge is 0.270 e. The summed E-state index contributed by atoms with van der Waals surface area (Å²) in [5, 5.41) is 1.74. The summed E-state index contributed by atoms with van der Waals surface area (Å²) in [6.07, 6.45) is 0. The van der Waals surface area contributed by atoms with Gasteiger partial charge in [-0.25, -0.2) is 0 Å². The van der Waals surface area contributed by atoms with E-state index in [1.807, 2.05) is 0 Å². The number of rotatable bonds is 1. The Bertz CT molecular complexity index is 337. The molecule has 0 aromatic carbocycles. The van der Waals surface area contributed by atoms with E-state index in [9.17, 15) is 9.59 Å². The molecule has 0 aliphatic rings. The van der Waals surface area contributed by atoms with Crippen molar-refractivity contribution >= 4 is 45.7 Å². The Hall–Kier alpha value is -0.630. The highest BCUT2D eigenvalue weighted by molar-refractivity contribution is 14.1. The number of halogens is 1. The Morgan fingerprint density at radius 1 is 1.46 bits per heavy atom. The maximum atomic E-state index is 11.2. The third kappa shape index (κ3) is 3.31. The van der Waals surface area contributed by atoms with Gasteiger partial charge in [0.25, 0.3) is 5.91 Å². The molecule has 0 spiro atoms. The zero-order valence-electron chi connectivity index (χ0n) is 6.76. The Morgan fingerprint density at radius 3 is 2.62 bits per heavy atom. The zero-order valence-corrected chi connectivity index (χ0v) is 9.73. The SMILES string of the molecule is CC(=O)NNC(=O)c1csc(I)c1. The van der Waals surface area contributed by atoms with E-state index in [2.05, 4.69) is 33.4 Å². The van der Waals surface area contributed by atoms with Gasteiger partial charge in [0.2, 0.25) is 5.91 Å².